The van der Waals surface area contributed by atoms with Gasteiger partial charge in [-0.05, 0) is 38.5 Å². The van der Waals surface area contributed by atoms with E-state index in [4.69, 9.17) is 5.53 Å². The van der Waals surface area contributed by atoms with Gasteiger partial charge in [-0.3, -0.25) is 4.79 Å². The molecule has 3 nitrogen and oxygen atoms in total. The first-order chi connectivity index (χ1) is 10.3. The van der Waals surface area contributed by atoms with E-state index in [0.29, 0.717) is 6.42 Å². The second kappa shape index (κ2) is 16.5. The van der Waals surface area contributed by atoms with Crippen molar-refractivity contribution >= 4 is 5.91 Å². The van der Waals surface area contributed by atoms with Crippen molar-refractivity contribution in [1.82, 2.24) is 0 Å². The highest BCUT2D eigenvalue weighted by molar-refractivity contribution is 5.75. The number of rotatable bonds is 13. The maximum atomic E-state index is 10.8. The fourth-order valence-electron chi connectivity index (χ4n) is 1.95. The van der Waals surface area contributed by atoms with Gasteiger partial charge in [-0.2, -0.15) is 0 Å². The topological polar surface area (TPSA) is 53.3 Å². The molecule has 1 amide bonds. The van der Waals surface area contributed by atoms with Crippen molar-refractivity contribution in [2.75, 3.05) is 0 Å². The smallest absolute Gasteiger partial charge is 0.264 e. The summed E-state index contributed by atoms with van der Waals surface area (Å²) in [6.45, 7) is 2.15. The minimum absolute atomic E-state index is 0.295. The monoisotopic (exact) mass is 290 g/mol. The zero-order valence-corrected chi connectivity index (χ0v) is 13.4. The SMILES string of the molecule is CC/C=C\C/C=C\C/C=C\CCCCCCCC(=O)N=N. The van der Waals surface area contributed by atoms with Crippen LogP contribution >= 0.6 is 0 Å². The Morgan fingerprint density at radius 3 is 2.10 bits per heavy atom. The zero-order chi connectivity index (χ0) is 15.6. The van der Waals surface area contributed by atoms with E-state index in [1.54, 1.807) is 0 Å². The highest BCUT2D eigenvalue weighted by atomic mass is 16.1. The van der Waals surface area contributed by atoms with Crippen LogP contribution in [0.1, 0.15) is 71.1 Å². The highest BCUT2D eigenvalue weighted by Crippen LogP contribution is 2.08. The van der Waals surface area contributed by atoms with Crippen LogP contribution in [0.3, 0.4) is 0 Å². The zero-order valence-electron chi connectivity index (χ0n) is 13.4. The molecule has 0 heterocycles. The molecule has 0 aromatic rings. The van der Waals surface area contributed by atoms with Gasteiger partial charge >= 0.3 is 0 Å². The lowest BCUT2D eigenvalue weighted by atomic mass is 10.1. The molecular formula is C18H30N2O. The lowest BCUT2D eigenvalue weighted by Gasteiger charge is -1.98. The Morgan fingerprint density at radius 1 is 0.857 bits per heavy atom. The van der Waals surface area contributed by atoms with Crippen molar-refractivity contribution in [2.45, 2.75) is 71.1 Å². The molecule has 0 aromatic carbocycles. The molecule has 0 atom stereocenters. The van der Waals surface area contributed by atoms with Crippen LogP contribution in [0.15, 0.2) is 41.6 Å². The second-order valence-electron chi connectivity index (χ2n) is 5.11. The Hall–Kier alpha value is -1.51. The molecule has 0 saturated carbocycles. The summed E-state index contributed by atoms with van der Waals surface area (Å²) in [6.07, 6.45) is 23.6. The van der Waals surface area contributed by atoms with Gasteiger partial charge in [-0.25, -0.2) is 5.53 Å². The van der Waals surface area contributed by atoms with E-state index >= 15 is 0 Å². The van der Waals surface area contributed by atoms with Crippen LogP contribution < -0.4 is 0 Å². The molecule has 118 valence electrons. The van der Waals surface area contributed by atoms with Crippen LogP contribution in [0.25, 0.3) is 0 Å². The maximum absolute atomic E-state index is 10.8. The number of allylic oxidation sites excluding steroid dienone is 6. The molecule has 0 aliphatic carbocycles. The van der Waals surface area contributed by atoms with E-state index in [1.165, 1.54) is 19.3 Å². The minimum Gasteiger partial charge on any atom is -0.271 e. The van der Waals surface area contributed by atoms with Gasteiger partial charge in [0.2, 0.25) is 0 Å². The Kier molecular flexibility index (Phi) is 15.4. The van der Waals surface area contributed by atoms with E-state index in [0.717, 1.165) is 38.5 Å². The van der Waals surface area contributed by atoms with Crippen molar-refractivity contribution in [2.24, 2.45) is 5.11 Å². The van der Waals surface area contributed by atoms with E-state index in [-0.39, 0.29) is 5.91 Å². The molecule has 0 radical (unpaired) electrons. The summed E-state index contributed by atoms with van der Waals surface area (Å²) in [5, 5.41) is 2.88. The summed E-state index contributed by atoms with van der Waals surface area (Å²) < 4.78 is 0. The maximum Gasteiger partial charge on any atom is 0.264 e. The van der Waals surface area contributed by atoms with Crippen molar-refractivity contribution in [3.05, 3.63) is 36.5 Å². The molecule has 0 saturated heterocycles. The summed E-state index contributed by atoms with van der Waals surface area (Å²) in [5.74, 6) is -0.295. The van der Waals surface area contributed by atoms with Gasteiger partial charge in [0, 0.05) is 6.42 Å². The number of nitrogens with zero attached hydrogens (tertiary/aromatic N) is 1. The third-order valence-corrected chi connectivity index (χ3v) is 3.17. The predicted molar refractivity (Wildman–Crippen MR) is 89.4 cm³/mol. The molecule has 0 aliphatic heterocycles. The second-order valence-corrected chi connectivity index (χ2v) is 5.11. The van der Waals surface area contributed by atoms with Crippen LogP contribution in [0.5, 0.6) is 0 Å². The lowest BCUT2D eigenvalue weighted by Crippen LogP contribution is -1.90. The number of amides is 1. The molecule has 0 aromatic heterocycles. The van der Waals surface area contributed by atoms with Gasteiger partial charge in [0.25, 0.3) is 5.91 Å². The quantitative estimate of drug-likeness (QED) is 0.247. The lowest BCUT2D eigenvalue weighted by molar-refractivity contribution is -0.118. The first-order valence-electron chi connectivity index (χ1n) is 8.16. The Balaban J connectivity index is 3.27. The van der Waals surface area contributed by atoms with Gasteiger partial charge in [0.1, 0.15) is 0 Å². The molecular weight excluding hydrogens is 260 g/mol. The van der Waals surface area contributed by atoms with Crippen LogP contribution in [0, 0.1) is 5.53 Å². The van der Waals surface area contributed by atoms with Gasteiger partial charge in [0.15, 0.2) is 0 Å². The van der Waals surface area contributed by atoms with Gasteiger partial charge < -0.3 is 0 Å². The fourth-order valence-corrected chi connectivity index (χ4v) is 1.95. The average Bonchev–Trinajstić information content (AvgIpc) is 2.50. The summed E-state index contributed by atoms with van der Waals surface area (Å²) in [7, 11) is 0. The average molecular weight is 290 g/mol. The van der Waals surface area contributed by atoms with E-state index in [1.807, 2.05) is 0 Å². The normalized spacial score (nSPS) is 11.9. The first kappa shape index (κ1) is 19.5. The Bertz CT molecular complexity index is 343. The van der Waals surface area contributed by atoms with Crippen molar-refractivity contribution in [3.8, 4) is 0 Å². The van der Waals surface area contributed by atoms with E-state index in [2.05, 4.69) is 48.5 Å². The number of unbranched alkanes of at least 4 members (excludes halogenated alkanes) is 5. The van der Waals surface area contributed by atoms with E-state index in [9.17, 15) is 4.79 Å². The molecule has 0 bridgehead atoms. The summed E-state index contributed by atoms with van der Waals surface area (Å²) in [6, 6.07) is 0. The standard InChI is InChI=1S/C18H30N2O/c1-2-3-4-5-6-7-8-9-10-11-12-13-14-15-16-17-18(21)20-19/h3-4,6-7,9-10,19H,2,5,8,11-17H2,1H3/b4-3-,7-6-,10-9-,20-19?. The highest BCUT2D eigenvalue weighted by Gasteiger charge is 1.97. The predicted octanol–water partition coefficient (Wildman–Crippen LogP) is 6.13. The fraction of sp³-hybridized carbons (Fsp3) is 0.611. The van der Waals surface area contributed by atoms with Crippen LogP contribution in [-0.2, 0) is 4.79 Å². The minimum atomic E-state index is -0.295. The molecule has 21 heavy (non-hydrogen) atoms. The summed E-state index contributed by atoms with van der Waals surface area (Å²) >= 11 is 0. The van der Waals surface area contributed by atoms with Gasteiger partial charge in [-0.1, -0.05) is 62.6 Å². The molecule has 3 heteroatoms. The molecule has 1 N–H and O–H groups in total. The third-order valence-electron chi connectivity index (χ3n) is 3.17. The number of hydrogen-bond donors (Lipinski definition) is 1. The van der Waals surface area contributed by atoms with Crippen LogP contribution in [0.2, 0.25) is 0 Å². The number of carbonyl (C=O) groups is 1. The molecule has 0 spiro atoms. The van der Waals surface area contributed by atoms with Crippen LogP contribution in [0.4, 0.5) is 0 Å². The van der Waals surface area contributed by atoms with E-state index < -0.39 is 0 Å². The largest absolute Gasteiger partial charge is 0.271 e. The number of hydrogen-bond acceptors (Lipinski definition) is 2. The van der Waals surface area contributed by atoms with Gasteiger partial charge in [0.05, 0.1) is 0 Å². The first-order valence-corrected chi connectivity index (χ1v) is 8.16. The molecule has 0 rings (SSSR count). The molecule has 0 fully saturated rings. The van der Waals surface area contributed by atoms with Crippen molar-refractivity contribution in [1.29, 1.82) is 5.53 Å². The molecule has 0 aliphatic rings. The number of carbonyl (C=O) groups excluding carboxylic acids is 1. The summed E-state index contributed by atoms with van der Waals surface area (Å²) in [4.78, 5) is 10.8. The van der Waals surface area contributed by atoms with Gasteiger partial charge in [-0.15, -0.1) is 5.11 Å². The van der Waals surface area contributed by atoms with Crippen molar-refractivity contribution in [3.63, 3.8) is 0 Å². The van der Waals surface area contributed by atoms with Crippen LogP contribution in [-0.4, -0.2) is 5.91 Å². The Morgan fingerprint density at radius 2 is 1.43 bits per heavy atom. The molecule has 0 unspecified atom stereocenters. The van der Waals surface area contributed by atoms with Crippen molar-refractivity contribution < 1.29 is 4.79 Å². The number of nitrogens with one attached hydrogen (secondary N) is 1. The third kappa shape index (κ3) is 16.4. The Labute approximate surface area is 129 Å². The summed E-state index contributed by atoms with van der Waals surface area (Å²) in [5.41, 5.74) is 6.55.